The number of carbonyl (C=O) groups is 1. The number of hydrogen-bond acceptors (Lipinski definition) is 18. The number of nitrogens with zero attached hydrogens (tertiary/aromatic N) is 10. The molecule has 19 nitrogen and oxygen atoms in total. The first-order valence-electron chi connectivity index (χ1n) is 36.3. The van der Waals surface area contributed by atoms with E-state index in [-0.39, 0.29) is 25.7 Å². The second kappa shape index (κ2) is 62.1. The van der Waals surface area contributed by atoms with Crippen molar-refractivity contribution in [2.75, 3.05) is 195 Å². The third-order valence-electron chi connectivity index (χ3n) is 16.8. The average molecular weight is 1330 g/mol. The van der Waals surface area contributed by atoms with E-state index in [9.17, 15) is 9.90 Å². The Morgan fingerprint density at radius 1 is 0.522 bits per heavy atom. The van der Waals surface area contributed by atoms with Crippen molar-refractivity contribution in [2.24, 2.45) is 23.2 Å². The minimum atomic E-state index is -1.01. The Hall–Kier alpha value is -1.21. The van der Waals surface area contributed by atoms with Gasteiger partial charge in [0.1, 0.15) is 6.10 Å². The van der Waals surface area contributed by atoms with Crippen molar-refractivity contribution < 1.29 is 30.3 Å². The lowest BCUT2D eigenvalue weighted by molar-refractivity contribution is -0.124. The summed E-state index contributed by atoms with van der Waals surface area (Å²) < 4.78 is 0. The largest absolute Gasteiger partial charge is 0.395 e. The van der Waals surface area contributed by atoms with Gasteiger partial charge in [-0.1, -0.05) is 48.5 Å². The number of aliphatic hydroxyl groups excluding tert-OH is 5. The summed E-state index contributed by atoms with van der Waals surface area (Å²) in [6.45, 7) is 66.8. The van der Waals surface area contributed by atoms with E-state index in [1.54, 1.807) is 0 Å². The molecule has 562 valence electrons. The first-order valence-corrected chi connectivity index (χ1v) is 36.3. The number of piperidine rings is 1. The lowest BCUT2D eigenvalue weighted by Crippen LogP contribution is -2.50. The number of carbonyl (C=O) groups excluding carboxylic acids is 1. The molecule has 0 bridgehead atoms. The minimum absolute atomic E-state index is 0.153. The zero-order valence-electron chi connectivity index (χ0n) is 67.7. The molecule has 2 atom stereocenters. The number of likely N-dealkylation sites (tertiary alicyclic amines) is 1. The predicted molar refractivity (Wildman–Crippen MR) is 404 cm³/mol. The summed E-state index contributed by atoms with van der Waals surface area (Å²) in [4.78, 5) is 33.8. The lowest BCUT2D eigenvalue weighted by Gasteiger charge is -2.34. The van der Waals surface area contributed by atoms with Crippen molar-refractivity contribution in [2.45, 2.75) is 258 Å². The van der Waals surface area contributed by atoms with Crippen LogP contribution in [0.3, 0.4) is 0 Å². The average Bonchev–Trinajstić information content (AvgIpc) is 2.79. The molecule has 0 aromatic carbocycles. The SMILES string of the molecule is CC(C)C.CC(C)N(C)C.CC(C)N(C)CC(C)(C)CN(C)C.CC(C)N(C)CC1CC1.CC(C)N(C)CC1CCN(C)CC1.CC(C)N(C)CC[C@H](O)[C@H](O)CO.CC(C)N(CCO)CCO.CC(C)N1CCNC(=O)C1.CC(C)N1CCNCC1.CNC(C)C. The standard InChI is InChI=1S/C11H24N2.C11H26N2.C9H21NO3.C8H17N.C7H14N2O.C7H16N2.C7H17NO2.C5H13N.C4H11N.C4H10/c1-10(2)13(4)9-11-5-7-12(3)8-6-11;1-10(2)13(7)9-11(3,4)8-12(5)6;1-7(2)10(3)5-4-8(12)9(13)6-11;1-7(2)9(3)6-8-4-5-8;1-6(2)9-4-3-8-7(10)5-9;1-7(2)9-5-3-8-4-6-9;1-7(2)8(3-5-9)4-6-10;1-5(2)6(3)4;1-4(2)5-3;1-4(2)3/h10-11H,5-9H2,1-4H3;10H,8-9H2,1-7H3;7-9,11-13H,4-6H2,1-3H3;7-8H,4-6H2,1-3H3;6H,3-5H2,1-2H3,(H,8,10);7-8H,3-6H2,1-2H3;7,9-10H,3-6H2,1-2H3;5H,1-4H3;4-5H,1-3H3;4H,1-3H3/t;;8-,9+;;;;;;;/m..0......./s1. The Balaban J connectivity index is -0.000000227. The van der Waals surface area contributed by atoms with Gasteiger partial charge < -0.3 is 75.8 Å². The minimum Gasteiger partial charge on any atom is -0.395 e. The predicted octanol–water partition coefficient (Wildman–Crippen LogP) is 7.79. The molecule has 0 aromatic heterocycles. The summed E-state index contributed by atoms with van der Waals surface area (Å²) in [5, 5.41) is 53.2. The van der Waals surface area contributed by atoms with E-state index in [0.717, 1.165) is 75.7 Å². The molecular formula is C73H169N13O6. The highest BCUT2D eigenvalue weighted by Crippen LogP contribution is 2.29. The number of hydrogen-bond donors (Lipinski definition) is 8. The van der Waals surface area contributed by atoms with Crippen molar-refractivity contribution in [1.82, 2.24) is 64.9 Å². The molecule has 1 saturated carbocycles. The maximum Gasteiger partial charge on any atom is 0.234 e. The van der Waals surface area contributed by atoms with Crippen LogP contribution in [0.2, 0.25) is 0 Å². The zero-order valence-corrected chi connectivity index (χ0v) is 67.7. The number of nitrogens with one attached hydrogen (secondary N) is 3. The molecule has 19 heteroatoms. The molecule has 0 unspecified atom stereocenters. The summed E-state index contributed by atoms with van der Waals surface area (Å²) >= 11 is 0. The molecule has 8 N–H and O–H groups in total. The van der Waals surface area contributed by atoms with Gasteiger partial charge in [0, 0.05) is 139 Å². The topological polar surface area (TPSA) is 187 Å². The monoisotopic (exact) mass is 1320 g/mol. The Morgan fingerprint density at radius 2 is 0.902 bits per heavy atom. The smallest absolute Gasteiger partial charge is 0.234 e. The normalized spacial score (nSPS) is 16.7. The van der Waals surface area contributed by atoms with Crippen molar-refractivity contribution in [3.63, 3.8) is 0 Å². The Labute approximate surface area is 574 Å². The fourth-order valence-electron chi connectivity index (χ4n) is 8.64. The van der Waals surface area contributed by atoms with Gasteiger partial charge >= 0.3 is 0 Å². The maximum atomic E-state index is 10.8. The Morgan fingerprint density at radius 3 is 1.17 bits per heavy atom. The number of amides is 1. The molecule has 4 rings (SSSR count). The van der Waals surface area contributed by atoms with Crippen LogP contribution >= 0.6 is 0 Å². The van der Waals surface area contributed by atoms with Gasteiger partial charge in [0.25, 0.3) is 0 Å². The first kappa shape index (κ1) is 102. The van der Waals surface area contributed by atoms with Crippen LogP contribution in [-0.2, 0) is 4.79 Å². The van der Waals surface area contributed by atoms with E-state index in [1.165, 1.54) is 65.0 Å². The van der Waals surface area contributed by atoms with E-state index >= 15 is 0 Å². The summed E-state index contributed by atoms with van der Waals surface area (Å²) in [5.74, 6) is 2.96. The van der Waals surface area contributed by atoms with Gasteiger partial charge in [0.05, 0.1) is 32.5 Å². The highest BCUT2D eigenvalue weighted by Gasteiger charge is 2.24. The molecule has 0 spiro atoms. The number of rotatable bonds is 26. The van der Waals surface area contributed by atoms with E-state index in [0.29, 0.717) is 73.8 Å². The van der Waals surface area contributed by atoms with Crippen LogP contribution in [0, 0.1) is 23.2 Å². The van der Waals surface area contributed by atoms with Gasteiger partial charge in [0.2, 0.25) is 5.91 Å². The van der Waals surface area contributed by atoms with Crippen molar-refractivity contribution >= 4 is 5.91 Å². The molecule has 0 radical (unpaired) electrons. The summed E-state index contributed by atoms with van der Waals surface area (Å²) in [6.07, 6.45) is 4.35. The highest BCUT2D eigenvalue weighted by molar-refractivity contribution is 5.78. The van der Waals surface area contributed by atoms with Crippen molar-refractivity contribution in [1.29, 1.82) is 0 Å². The van der Waals surface area contributed by atoms with Gasteiger partial charge in [-0.25, -0.2) is 0 Å². The molecule has 4 fully saturated rings. The van der Waals surface area contributed by atoms with Gasteiger partial charge in [0.15, 0.2) is 0 Å². The lowest BCUT2D eigenvalue weighted by atomic mass is 9.92. The summed E-state index contributed by atoms with van der Waals surface area (Å²) in [6, 6.07) is 5.43. The van der Waals surface area contributed by atoms with Gasteiger partial charge in [-0.2, -0.15) is 0 Å². The first-order chi connectivity index (χ1) is 42.4. The molecule has 0 aromatic rings. The zero-order chi connectivity index (χ0) is 73.0. The van der Waals surface area contributed by atoms with E-state index in [4.69, 9.17) is 20.4 Å². The molecule has 3 aliphatic heterocycles. The Kier molecular flexibility index (Phi) is 68.7. The molecule has 4 aliphatic rings. The van der Waals surface area contributed by atoms with Gasteiger partial charge in [-0.3, -0.25) is 19.5 Å². The van der Waals surface area contributed by atoms with Gasteiger partial charge in [-0.15, -0.1) is 0 Å². The molecular weight excluding hydrogens is 1150 g/mol. The molecule has 1 amide bonds. The number of aliphatic hydroxyl groups is 5. The van der Waals surface area contributed by atoms with E-state index < -0.39 is 12.2 Å². The second-order valence-corrected chi connectivity index (χ2v) is 31.0. The van der Waals surface area contributed by atoms with Gasteiger partial charge in [-0.05, 0) is 250 Å². The van der Waals surface area contributed by atoms with Crippen LogP contribution in [-0.4, -0.2) is 342 Å². The van der Waals surface area contributed by atoms with Crippen LogP contribution in [0.5, 0.6) is 0 Å². The molecule has 1 aliphatic carbocycles. The fourth-order valence-corrected chi connectivity index (χ4v) is 8.64. The third kappa shape index (κ3) is 70.1. The maximum absolute atomic E-state index is 10.8. The summed E-state index contributed by atoms with van der Waals surface area (Å²) in [7, 11) is 21.2. The third-order valence-corrected chi connectivity index (χ3v) is 16.8. The fraction of sp³-hybridized carbons (Fsp3) is 0.986. The quantitative estimate of drug-likeness (QED) is 0.0419. The van der Waals surface area contributed by atoms with Crippen molar-refractivity contribution in [3.05, 3.63) is 0 Å². The van der Waals surface area contributed by atoms with Crippen LogP contribution in [0.15, 0.2) is 0 Å². The molecule has 92 heavy (non-hydrogen) atoms. The molecule has 3 saturated heterocycles. The molecule has 3 heterocycles. The second-order valence-electron chi connectivity index (χ2n) is 31.0. The Bertz CT molecular complexity index is 1530. The highest BCUT2D eigenvalue weighted by atomic mass is 16.4. The van der Waals surface area contributed by atoms with Crippen LogP contribution in [0.25, 0.3) is 0 Å². The van der Waals surface area contributed by atoms with Crippen LogP contribution in [0.1, 0.15) is 191 Å². The summed E-state index contributed by atoms with van der Waals surface area (Å²) in [5.41, 5.74) is 0.377. The van der Waals surface area contributed by atoms with Crippen LogP contribution in [0.4, 0.5) is 0 Å². The van der Waals surface area contributed by atoms with Crippen molar-refractivity contribution in [3.8, 4) is 0 Å². The number of piperazine rings is 2. The van der Waals surface area contributed by atoms with E-state index in [2.05, 4.69) is 262 Å². The van der Waals surface area contributed by atoms with Crippen LogP contribution < -0.4 is 16.0 Å². The van der Waals surface area contributed by atoms with E-state index in [1.807, 2.05) is 32.8 Å².